The minimum atomic E-state index is -0.650. The Morgan fingerprint density at radius 2 is 2.29 bits per heavy atom. The third-order valence-corrected chi connectivity index (χ3v) is 3.76. The molecule has 1 amide bonds. The Morgan fingerprint density at radius 1 is 1.52 bits per heavy atom. The molecule has 1 unspecified atom stereocenters. The molecular formula is C16H22FNO3. The SMILES string of the molecule is CC(C)(CO)CCCNC(=O)C1Cc2cccc(F)c2O1. The fourth-order valence-electron chi connectivity index (χ4n) is 2.35. The molecule has 4 nitrogen and oxygen atoms in total. The van der Waals surface area contributed by atoms with Gasteiger partial charge in [-0.15, -0.1) is 0 Å². The largest absolute Gasteiger partial charge is 0.477 e. The van der Waals surface area contributed by atoms with Crippen LogP contribution in [0, 0.1) is 11.2 Å². The van der Waals surface area contributed by atoms with Crippen molar-refractivity contribution in [1.29, 1.82) is 0 Å². The second-order valence-electron chi connectivity index (χ2n) is 6.26. The van der Waals surface area contributed by atoms with Gasteiger partial charge < -0.3 is 15.2 Å². The van der Waals surface area contributed by atoms with E-state index in [1.54, 1.807) is 12.1 Å². The Morgan fingerprint density at radius 3 is 2.95 bits per heavy atom. The Hall–Kier alpha value is -1.62. The van der Waals surface area contributed by atoms with E-state index < -0.39 is 11.9 Å². The fraction of sp³-hybridized carbons (Fsp3) is 0.562. The molecule has 1 aliphatic heterocycles. The van der Waals surface area contributed by atoms with Gasteiger partial charge >= 0.3 is 0 Å². The molecule has 0 bridgehead atoms. The van der Waals surface area contributed by atoms with Gasteiger partial charge in [-0.2, -0.15) is 0 Å². The van der Waals surface area contributed by atoms with E-state index in [9.17, 15) is 9.18 Å². The molecule has 1 aromatic carbocycles. The van der Waals surface area contributed by atoms with Gasteiger partial charge in [0, 0.05) is 25.1 Å². The summed E-state index contributed by atoms with van der Waals surface area (Å²) in [6.07, 6.45) is 1.36. The van der Waals surface area contributed by atoms with Gasteiger partial charge in [0.1, 0.15) is 0 Å². The predicted octanol–water partition coefficient (Wildman–Crippen LogP) is 2.04. The molecule has 0 aliphatic carbocycles. The number of nitrogens with one attached hydrogen (secondary N) is 1. The first-order valence-corrected chi connectivity index (χ1v) is 7.25. The lowest BCUT2D eigenvalue weighted by Gasteiger charge is -2.21. The van der Waals surface area contributed by atoms with Crippen LogP contribution in [0.4, 0.5) is 4.39 Å². The van der Waals surface area contributed by atoms with E-state index in [4.69, 9.17) is 9.84 Å². The molecule has 1 atom stereocenters. The molecule has 2 rings (SSSR count). The summed E-state index contributed by atoms with van der Waals surface area (Å²) in [5.74, 6) is -0.445. The minimum Gasteiger partial charge on any atom is -0.477 e. The number of para-hydroxylation sites is 1. The summed E-state index contributed by atoms with van der Waals surface area (Å²) in [7, 11) is 0. The summed E-state index contributed by atoms with van der Waals surface area (Å²) >= 11 is 0. The lowest BCUT2D eigenvalue weighted by Crippen LogP contribution is -2.38. The zero-order valence-corrected chi connectivity index (χ0v) is 12.5. The molecule has 0 aromatic heterocycles. The Kier molecular flexibility index (Phi) is 4.83. The maximum atomic E-state index is 13.5. The zero-order chi connectivity index (χ0) is 15.5. The van der Waals surface area contributed by atoms with Gasteiger partial charge in [0.05, 0.1) is 0 Å². The smallest absolute Gasteiger partial charge is 0.261 e. The van der Waals surface area contributed by atoms with Gasteiger partial charge in [-0.3, -0.25) is 4.79 Å². The molecule has 21 heavy (non-hydrogen) atoms. The summed E-state index contributed by atoms with van der Waals surface area (Å²) in [4.78, 5) is 12.0. The number of benzene rings is 1. The van der Waals surface area contributed by atoms with Gasteiger partial charge in [-0.05, 0) is 24.3 Å². The molecule has 116 valence electrons. The first-order chi connectivity index (χ1) is 9.93. The highest BCUT2D eigenvalue weighted by atomic mass is 19.1. The Balaban J connectivity index is 1.78. The van der Waals surface area contributed by atoms with Crippen molar-refractivity contribution in [2.45, 2.75) is 39.2 Å². The van der Waals surface area contributed by atoms with Gasteiger partial charge in [0.2, 0.25) is 0 Å². The van der Waals surface area contributed by atoms with Crippen LogP contribution in [0.5, 0.6) is 5.75 Å². The first kappa shape index (κ1) is 15.8. The van der Waals surface area contributed by atoms with Crippen LogP contribution >= 0.6 is 0 Å². The average molecular weight is 295 g/mol. The number of ether oxygens (including phenoxy) is 1. The molecule has 1 aliphatic rings. The standard InChI is InChI=1S/C16H22FNO3/c1-16(2,10-19)7-4-8-18-15(20)13-9-11-5-3-6-12(17)14(11)21-13/h3,5-6,13,19H,4,7-10H2,1-2H3,(H,18,20). The predicted molar refractivity (Wildman–Crippen MR) is 77.6 cm³/mol. The number of amides is 1. The quantitative estimate of drug-likeness (QED) is 0.790. The maximum absolute atomic E-state index is 13.5. The number of hydrogen-bond acceptors (Lipinski definition) is 3. The van der Waals surface area contributed by atoms with Crippen molar-refractivity contribution in [1.82, 2.24) is 5.32 Å². The van der Waals surface area contributed by atoms with E-state index in [0.717, 1.165) is 18.4 Å². The van der Waals surface area contributed by atoms with Gasteiger partial charge in [0.15, 0.2) is 17.7 Å². The summed E-state index contributed by atoms with van der Waals surface area (Å²) in [5.41, 5.74) is 0.602. The highest BCUT2D eigenvalue weighted by Gasteiger charge is 2.30. The molecule has 0 saturated carbocycles. The van der Waals surface area contributed by atoms with Crippen LogP contribution in [0.1, 0.15) is 32.3 Å². The molecule has 2 N–H and O–H groups in total. The number of aliphatic hydroxyl groups excluding tert-OH is 1. The van der Waals surface area contributed by atoms with Crippen LogP contribution in [0.3, 0.4) is 0 Å². The number of rotatable bonds is 6. The number of carbonyl (C=O) groups is 1. The zero-order valence-electron chi connectivity index (χ0n) is 12.5. The van der Waals surface area contributed by atoms with Gasteiger partial charge in [0.25, 0.3) is 5.91 Å². The number of aliphatic hydroxyl groups is 1. The molecule has 5 heteroatoms. The van der Waals surface area contributed by atoms with Crippen molar-refractivity contribution in [2.75, 3.05) is 13.2 Å². The first-order valence-electron chi connectivity index (χ1n) is 7.25. The highest BCUT2D eigenvalue weighted by molar-refractivity contribution is 5.82. The van der Waals surface area contributed by atoms with Crippen LogP contribution in [0.15, 0.2) is 18.2 Å². The summed E-state index contributed by atoms with van der Waals surface area (Å²) in [6.45, 7) is 4.62. The van der Waals surface area contributed by atoms with Gasteiger partial charge in [-0.1, -0.05) is 26.0 Å². The van der Waals surface area contributed by atoms with Crippen LogP contribution in [0.2, 0.25) is 0 Å². The van der Waals surface area contributed by atoms with Crippen molar-refractivity contribution in [2.24, 2.45) is 5.41 Å². The lowest BCUT2D eigenvalue weighted by molar-refractivity contribution is -0.127. The minimum absolute atomic E-state index is 0.126. The highest BCUT2D eigenvalue weighted by Crippen LogP contribution is 2.31. The molecule has 0 spiro atoms. The average Bonchev–Trinajstić information content (AvgIpc) is 2.89. The molecule has 0 saturated heterocycles. The van der Waals surface area contributed by atoms with E-state index in [-0.39, 0.29) is 23.7 Å². The van der Waals surface area contributed by atoms with E-state index >= 15 is 0 Å². The van der Waals surface area contributed by atoms with E-state index in [0.29, 0.717) is 13.0 Å². The third kappa shape index (κ3) is 3.94. The Bertz CT molecular complexity index is 516. The maximum Gasteiger partial charge on any atom is 0.261 e. The molecular weight excluding hydrogens is 273 g/mol. The monoisotopic (exact) mass is 295 g/mol. The van der Waals surface area contributed by atoms with E-state index in [1.165, 1.54) is 6.07 Å². The summed E-state index contributed by atoms with van der Waals surface area (Å²) < 4.78 is 18.9. The van der Waals surface area contributed by atoms with Crippen LogP contribution in [0.25, 0.3) is 0 Å². The third-order valence-electron chi connectivity index (χ3n) is 3.76. The fourth-order valence-corrected chi connectivity index (χ4v) is 2.35. The Labute approximate surface area is 124 Å². The van der Waals surface area contributed by atoms with Crippen LogP contribution in [-0.2, 0) is 11.2 Å². The van der Waals surface area contributed by atoms with E-state index in [2.05, 4.69) is 5.32 Å². The second kappa shape index (κ2) is 6.43. The summed E-state index contributed by atoms with van der Waals surface area (Å²) in [5, 5.41) is 12.0. The van der Waals surface area contributed by atoms with Crippen molar-refractivity contribution < 1.29 is 19.0 Å². The lowest BCUT2D eigenvalue weighted by atomic mass is 9.89. The number of halogens is 1. The molecule has 0 radical (unpaired) electrons. The van der Waals surface area contributed by atoms with Crippen LogP contribution < -0.4 is 10.1 Å². The van der Waals surface area contributed by atoms with Crippen molar-refractivity contribution in [3.8, 4) is 5.75 Å². The topological polar surface area (TPSA) is 58.6 Å². The van der Waals surface area contributed by atoms with Gasteiger partial charge in [-0.25, -0.2) is 4.39 Å². The number of fused-ring (bicyclic) bond motifs is 1. The van der Waals surface area contributed by atoms with Crippen LogP contribution in [-0.4, -0.2) is 30.3 Å². The summed E-state index contributed by atoms with van der Waals surface area (Å²) in [6, 6.07) is 4.72. The molecule has 1 heterocycles. The number of hydrogen-bond donors (Lipinski definition) is 2. The van der Waals surface area contributed by atoms with E-state index in [1.807, 2.05) is 13.8 Å². The second-order valence-corrected chi connectivity index (χ2v) is 6.26. The van der Waals surface area contributed by atoms with Crippen molar-refractivity contribution in [3.63, 3.8) is 0 Å². The molecule has 0 fully saturated rings. The van der Waals surface area contributed by atoms with Crippen molar-refractivity contribution >= 4 is 5.91 Å². The number of carbonyl (C=O) groups excluding carboxylic acids is 1. The van der Waals surface area contributed by atoms with Crippen molar-refractivity contribution in [3.05, 3.63) is 29.6 Å². The normalized spacial score (nSPS) is 17.2. The molecule has 1 aromatic rings.